The molecule has 8 N–H and O–H groups in total. The second-order valence-electron chi connectivity index (χ2n) is 8.46. The second-order valence-corrected chi connectivity index (χ2v) is 8.46. The smallest absolute Gasteiger partial charge is 0.326 e. The van der Waals surface area contributed by atoms with Crippen LogP contribution in [0.2, 0.25) is 0 Å². The van der Waals surface area contributed by atoms with E-state index in [0.29, 0.717) is 0 Å². The van der Waals surface area contributed by atoms with Crippen molar-refractivity contribution in [2.45, 2.75) is 77.5 Å². The lowest BCUT2D eigenvalue weighted by atomic mass is 9.99. The summed E-state index contributed by atoms with van der Waals surface area (Å²) in [5.41, 5.74) is 5.69. The van der Waals surface area contributed by atoms with E-state index in [9.17, 15) is 28.8 Å². The first-order valence-electron chi connectivity index (χ1n) is 10.5. The highest BCUT2D eigenvalue weighted by Gasteiger charge is 2.32. The van der Waals surface area contributed by atoms with Crippen LogP contribution in [0.3, 0.4) is 0 Å². The van der Waals surface area contributed by atoms with Crippen LogP contribution in [-0.2, 0) is 28.8 Å². The Bertz CT molecular complexity index is 739. The molecule has 0 heterocycles. The largest absolute Gasteiger partial charge is 0.481 e. The fourth-order valence-electron chi connectivity index (χ4n) is 2.82. The van der Waals surface area contributed by atoms with E-state index in [2.05, 4.69) is 16.0 Å². The SMILES string of the molecule is CC(C)CC(NC(=O)C(N)CCC(=O)O)C(=O)NC(C(=O)NC(CC(=O)O)C(=O)O)C(C)C. The number of carboxylic acid groups (broad SMARTS) is 3. The number of aliphatic carboxylic acids is 3. The van der Waals surface area contributed by atoms with Crippen LogP contribution in [0.15, 0.2) is 0 Å². The molecule has 0 aliphatic carbocycles. The van der Waals surface area contributed by atoms with Crippen LogP contribution in [0.1, 0.15) is 53.4 Å². The summed E-state index contributed by atoms with van der Waals surface area (Å²) in [4.78, 5) is 70.5. The predicted octanol–water partition coefficient (Wildman–Crippen LogP) is -1.11. The van der Waals surface area contributed by atoms with E-state index in [4.69, 9.17) is 21.1 Å². The molecule has 33 heavy (non-hydrogen) atoms. The Morgan fingerprint density at radius 1 is 0.758 bits per heavy atom. The van der Waals surface area contributed by atoms with Gasteiger partial charge in [-0.15, -0.1) is 0 Å². The first-order chi connectivity index (χ1) is 15.1. The summed E-state index contributed by atoms with van der Waals surface area (Å²) in [5.74, 6) is -6.97. The molecule has 0 aliphatic rings. The topological polar surface area (TPSA) is 225 Å². The molecule has 13 heteroatoms. The van der Waals surface area contributed by atoms with Gasteiger partial charge in [0.05, 0.1) is 12.5 Å². The maximum atomic E-state index is 12.9. The van der Waals surface area contributed by atoms with Gasteiger partial charge in [-0.1, -0.05) is 27.7 Å². The Morgan fingerprint density at radius 2 is 1.30 bits per heavy atom. The first kappa shape index (κ1) is 29.8. The van der Waals surface area contributed by atoms with Gasteiger partial charge in [0, 0.05) is 6.42 Å². The molecule has 0 aromatic rings. The molecule has 0 spiro atoms. The van der Waals surface area contributed by atoms with Crippen molar-refractivity contribution in [3.05, 3.63) is 0 Å². The number of rotatable bonds is 15. The summed E-state index contributed by atoms with van der Waals surface area (Å²) in [6.07, 6.45) is -1.12. The molecule has 0 aromatic carbocycles. The minimum Gasteiger partial charge on any atom is -0.481 e. The maximum absolute atomic E-state index is 12.9. The molecule has 0 fully saturated rings. The van der Waals surface area contributed by atoms with Crippen molar-refractivity contribution in [1.82, 2.24) is 16.0 Å². The minimum absolute atomic E-state index is 0.0467. The molecule has 0 aliphatic heterocycles. The lowest BCUT2D eigenvalue weighted by Gasteiger charge is -2.27. The van der Waals surface area contributed by atoms with Gasteiger partial charge in [-0.3, -0.25) is 24.0 Å². The van der Waals surface area contributed by atoms with E-state index in [1.54, 1.807) is 27.7 Å². The van der Waals surface area contributed by atoms with Crippen molar-refractivity contribution in [3.8, 4) is 0 Å². The Hall–Kier alpha value is -3.22. The Balaban J connectivity index is 5.41. The number of hydrogen-bond acceptors (Lipinski definition) is 7. The van der Waals surface area contributed by atoms with Gasteiger partial charge < -0.3 is 37.0 Å². The van der Waals surface area contributed by atoms with Crippen molar-refractivity contribution < 1.29 is 44.1 Å². The minimum atomic E-state index is -1.69. The normalized spacial score (nSPS) is 14.6. The van der Waals surface area contributed by atoms with Crippen LogP contribution < -0.4 is 21.7 Å². The molecule has 0 saturated carbocycles. The predicted molar refractivity (Wildman–Crippen MR) is 115 cm³/mol. The summed E-state index contributed by atoms with van der Waals surface area (Å²) in [6.45, 7) is 6.78. The zero-order valence-corrected chi connectivity index (χ0v) is 19.2. The van der Waals surface area contributed by atoms with E-state index < -0.39 is 72.1 Å². The third-order valence-corrected chi connectivity index (χ3v) is 4.59. The Labute approximate surface area is 191 Å². The number of hydrogen-bond donors (Lipinski definition) is 7. The number of nitrogens with one attached hydrogen (secondary N) is 3. The highest BCUT2D eigenvalue weighted by atomic mass is 16.4. The highest BCUT2D eigenvalue weighted by molar-refractivity contribution is 5.94. The molecule has 0 bridgehead atoms. The number of amides is 3. The maximum Gasteiger partial charge on any atom is 0.326 e. The second kappa shape index (κ2) is 14.0. The molecular formula is C20H34N4O9. The van der Waals surface area contributed by atoms with E-state index in [0.717, 1.165) is 0 Å². The lowest BCUT2D eigenvalue weighted by molar-refractivity contribution is -0.147. The van der Waals surface area contributed by atoms with Gasteiger partial charge in [-0.05, 0) is 24.7 Å². The van der Waals surface area contributed by atoms with Gasteiger partial charge >= 0.3 is 17.9 Å². The molecule has 0 rings (SSSR count). The van der Waals surface area contributed by atoms with E-state index in [-0.39, 0.29) is 25.2 Å². The highest BCUT2D eigenvalue weighted by Crippen LogP contribution is 2.09. The van der Waals surface area contributed by atoms with Crippen LogP contribution in [0.25, 0.3) is 0 Å². The summed E-state index contributed by atoms with van der Waals surface area (Å²) in [7, 11) is 0. The molecule has 13 nitrogen and oxygen atoms in total. The average Bonchev–Trinajstić information content (AvgIpc) is 2.67. The van der Waals surface area contributed by atoms with Crippen LogP contribution >= 0.6 is 0 Å². The zero-order chi connectivity index (χ0) is 25.9. The number of carboxylic acids is 3. The fraction of sp³-hybridized carbons (Fsp3) is 0.700. The number of carbonyl (C=O) groups excluding carboxylic acids is 3. The number of carbonyl (C=O) groups is 6. The summed E-state index contributed by atoms with van der Waals surface area (Å²) in [5, 5.41) is 33.7. The van der Waals surface area contributed by atoms with E-state index in [1.165, 1.54) is 0 Å². The van der Waals surface area contributed by atoms with Crippen molar-refractivity contribution in [2.75, 3.05) is 0 Å². The van der Waals surface area contributed by atoms with Crippen molar-refractivity contribution in [3.63, 3.8) is 0 Å². The third kappa shape index (κ3) is 11.8. The van der Waals surface area contributed by atoms with Crippen LogP contribution in [0.4, 0.5) is 0 Å². The van der Waals surface area contributed by atoms with E-state index in [1.807, 2.05) is 0 Å². The van der Waals surface area contributed by atoms with Crippen molar-refractivity contribution in [1.29, 1.82) is 0 Å². The standard InChI is InChI=1S/C20H34N4O9/c1-9(2)7-12(22-17(29)11(21)5-6-14(25)26)18(30)24-16(10(3)4)19(31)23-13(20(32)33)8-15(27)28/h9-13,16H,5-8,21H2,1-4H3,(H,22,29)(H,23,31)(H,24,30)(H,25,26)(H,27,28)(H,32,33). The van der Waals surface area contributed by atoms with Gasteiger partial charge in [0.15, 0.2) is 0 Å². The summed E-state index contributed by atoms with van der Waals surface area (Å²) < 4.78 is 0. The lowest BCUT2D eigenvalue weighted by Crippen LogP contribution is -2.58. The molecule has 188 valence electrons. The van der Waals surface area contributed by atoms with Gasteiger partial charge in [0.1, 0.15) is 18.1 Å². The Kier molecular flexibility index (Phi) is 12.7. The molecule has 0 saturated heterocycles. The van der Waals surface area contributed by atoms with Crippen LogP contribution in [0.5, 0.6) is 0 Å². The first-order valence-corrected chi connectivity index (χ1v) is 10.5. The fourth-order valence-corrected chi connectivity index (χ4v) is 2.82. The van der Waals surface area contributed by atoms with Gasteiger partial charge in [-0.2, -0.15) is 0 Å². The summed E-state index contributed by atoms with van der Waals surface area (Å²) >= 11 is 0. The Morgan fingerprint density at radius 3 is 1.73 bits per heavy atom. The van der Waals surface area contributed by atoms with Gasteiger partial charge in [0.25, 0.3) is 0 Å². The summed E-state index contributed by atoms with van der Waals surface area (Å²) in [6, 6.07) is -5.14. The van der Waals surface area contributed by atoms with Crippen molar-refractivity contribution >= 4 is 35.6 Å². The average molecular weight is 475 g/mol. The quantitative estimate of drug-likeness (QED) is 0.151. The molecule has 3 amide bonds. The molecule has 0 aromatic heterocycles. The molecule has 4 atom stereocenters. The zero-order valence-electron chi connectivity index (χ0n) is 19.2. The van der Waals surface area contributed by atoms with Gasteiger partial charge in [-0.25, -0.2) is 4.79 Å². The monoisotopic (exact) mass is 474 g/mol. The number of nitrogens with two attached hydrogens (primary N) is 1. The van der Waals surface area contributed by atoms with E-state index >= 15 is 0 Å². The van der Waals surface area contributed by atoms with Crippen LogP contribution in [-0.4, -0.2) is 75.1 Å². The molecule has 4 unspecified atom stereocenters. The van der Waals surface area contributed by atoms with Gasteiger partial charge in [0.2, 0.25) is 17.7 Å². The molecular weight excluding hydrogens is 440 g/mol. The third-order valence-electron chi connectivity index (χ3n) is 4.59. The van der Waals surface area contributed by atoms with Crippen LogP contribution in [0, 0.1) is 11.8 Å². The molecule has 0 radical (unpaired) electrons. The van der Waals surface area contributed by atoms with Crippen molar-refractivity contribution in [2.24, 2.45) is 17.6 Å².